The van der Waals surface area contributed by atoms with E-state index in [1.165, 1.54) is 17.0 Å². The topological polar surface area (TPSA) is 74.8 Å². The summed E-state index contributed by atoms with van der Waals surface area (Å²) < 4.78 is 44.7. The van der Waals surface area contributed by atoms with Crippen LogP contribution in [0.3, 0.4) is 0 Å². The van der Waals surface area contributed by atoms with Crippen LogP contribution >= 0.6 is 0 Å². The lowest BCUT2D eigenvalue weighted by atomic mass is 9.94. The molecule has 2 atom stereocenters. The third kappa shape index (κ3) is 3.67. The lowest BCUT2D eigenvalue weighted by molar-refractivity contribution is -0.0301. The fraction of sp³-hybridized carbons (Fsp3) is 0.409. The van der Waals surface area contributed by atoms with Crippen LogP contribution < -0.4 is 5.32 Å². The van der Waals surface area contributed by atoms with Gasteiger partial charge in [-0.3, -0.25) is 4.68 Å². The Labute approximate surface area is 182 Å². The number of nitrogens with one attached hydrogen (secondary N) is 1. The summed E-state index contributed by atoms with van der Waals surface area (Å²) in [5.74, 6) is -1.78. The summed E-state index contributed by atoms with van der Waals surface area (Å²) >= 11 is 0. The average molecular weight is 443 g/mol. The van der Waals surface area contributed by atoms with Crippen molar-refractivity contribution in [1.29, 1.82) is 0 Å². The molecule has 0 bridgehead atoms. The monoisotopic (exact) mass is 443 g/mol. The van der Waals surface area contributed by atoms with Crippen molar-refractivity contribution in [3.05, 3.63) is 52.4 Å². The molecule has 32 heavy (non-hydrogen) atoms. The van der Waals surface area contributed by atoms with Gasteiger partial charge in [0.05, 0.1) is 25.4 Å². The first-order valence-electron chi connectivity index (χ1n) is 9.98. The number of urea groups is 1. The number of hydrogen-bond donors (Lipinski definition) is 2. The lowest BCUT2D eigenvalue weighted by Gasteiger charge is -2.33. The number of terminal acetylenes is 1. The largest absolute Gasteiger partial charge is 0.376 e. The highest BCUT2D eigenvalue weighted by Crippen LogP contribution is 2.43. The van der Waals surface area contributed by atoms with Crippen molar-refractivity contribution in [3.8, 4) is 12.3 Å². The highest BCUT2D eigenvalue weighted by atomic mass is 19.3. The van der Waals surface area contributed by atoms with Crippen LogP contribution in [0.25, 0.3) is 4.85 Å². The number of nitrogens with zero attached hydrogens (tertiary/aromatic N) is 4. The van der Waals surface area contributed by atoms with Gasteiger partial charge in [0.15, 0.2) is 0 Å². The van der Waals surface area contributed by atoms with E-state index < -0.39 is 29.8 Å². The van der Waals surface area contributed by atoms with Crippen LogP contribution in [0.2, 0.25) is 0 Å². The van der Waals surface area contributed by atoms with E-state index in [2.05, 4.69) is 21.2 Å². The van der Waals surface area contributed by atoms with Crippen LogP contribution in [0.5, 0.6) is 0 Å². The number of carbonyl (C=O) groups is 1. The fourth-order valence-corrected chi connectivity index (χ4v) is 4.19. The number of carbonyl (C=O) groups excluding carboxylic acids is 1. The molecule has 10 heteroatoms. The molecule has 166 valence electrons. The molecule has 2 aliphatic rings. The molecule has 0 saturated heterocycles. The summed E-state index contributed by atoms with van der Waals surface area (Å²) in [6.45, 7) is 8.39. The van der Waals surface area contributed by atoms with Crippen molar-refractivity contribution in [3.63, 3.8) is 0 Å². The first-order valence-corrected chi connectivity index (χ1v) is 9.98. The third-order valence-electron chi connectivity index (χ3n) is 5.94. The number of amides is 2. The minimum atomic E-state index is -3.27. The van der Waals surface area contributed by atoms with Gasteiger partial charge in [0.25, 0.3) is 5.92 Å². The lowest BCUT2D eigenvalue weighted by Crippen LogP contribution is -2.45. The van der Waals surface area contributed by atoms with Crippen molar-refractivity contribution >= 4 is 17.4 Å². The summed E-state index contributed by atoms with van der Waals surface area (Å²) in [5.41, 5.74) is -1.40. The zero-order valence-electron chi connectivity index (χ0n) is 17.2. The summed E-state index contributed by atoms with van der Waals surface area (Å²) in [4.78, 5) is 17.4. The Balaban J connectivity index is 1.65. The molecule has 2 amide bonds. The first-order chi connectivity index (χ1) is 15.1. The zero-order chi connectivity index (χ0) is 23.3. The van der Waals surface area contributed by atoms with E-state index in [1.54, 1.807) is 6.92 Å². The van der Waals surface area contributed by atoms with Crippen LogP contribution in [0.4, 0.5) is 29.3 Å². The smallest absolute Gasteiger partial charge is 0.322 e. The average Bonchev–Trinajstić information content (AvgIpc) is 3.05. The molecule has 4 rings (SSSR count). The van der Waals surface area contributed by atoms with Gasteiger partial charge in [-0.1, -0.05) is 5.92 Å². The fourth-order valence-electron chi connectivity index (χ4n) is 4.19. The second kappa shape index (κ2) is 7.57. The summed E-state index contributed by atoms with van der Waals surface area (Å²) in [7, 11) is 0. The van der Waals surface area contributed by atoms with Gasteiger partial charge in [-0.25, -0.2) is 14.0 Å². The number of alkyl halides is 2. The number of hydrogen-bond acceptors (Lipinski definition) is 3. The maximum absolute atomic E-state index is 15.0. The Kier molecular flexibility index (Phi) is 5.14. The number of benzene rings is 1. The quantitative estimate of drug-likeness (QED) is 0.520. The number of aliphatic hydroxyl groups is 1. The van der Waals surface area contributed by atoms with Crippen molar-refractivity contribution < 1.29 is 23.1 Å². The third-order valence-corrected chi connectivity index (χ3v) is 5.94. The molecular formula is C22H20F3N5O2. The van der Waals surface area contributed by atoms with E-state index >= 15 is 8.78 Å². The van der Waals surface area contributed by atoms with Gasteiger partial charge in [-0.05, 0) is 31.5 Å². The molecule has 0 unspecified atom stereocenters. The number of aromatic nitrogens is 2. The van der Waals surface area contributed by atoms with E-state index in [4.69, 9.17) is 13.0 Å². The molecule has 0 aliphatic carbocycles. The molecule has 3 heterocycles. The molecule has 0 saturated carbocycles. The zero-order valence-corrected chi connectivity index (χ0v) is 17.2. The summed E-state index contributed by atoms with van der Waals surface area (Å²) in [6, 6.07) is 2.68. The van der Waals surface area contributed by atoms with Gasteiger partial charge in [0, 0.05) is 30.1 Å². The Hall–Kier alpha value is -3.50. The van der Waals surface area contributed by atoms with E-state index in [0.29, 0.717) is 5.69 Å². The minimum Gasteiger partial charge on any atom is -0.376 e. The maximum Gasteiger partial charge on any atom is 0.322 e. The number of rotatable bonds is 1. The van der Waals surface area contributed by atoms with Gasteiger partial charge in [0.1, 0.15) is 17.1 Å². The van der Waals surface area contributed by atoms with E-state index in [0.717, 1.165) is 10.7 Å². The molecule has 0 radical (unpaired) electrons. The predicted molar refractivity (Wildman–Crippen MR) is 110 cm³/mol. The van der Waals surface area contributed by atoms with Gasteiger partial charge in [-0.15, -0.1) is 6.42 Å². The molecule has 1 aromatic heterocycles. The molecule has 7 nitrogen and oxygen atoms in total. The van der Waals surface area contributed by atoms with Crippen LogP contribution in [0.15, 0.2) is 18.2 Å². The second-order valence-corrected chi connectivity index (χ2v) is 8.20. The number of halogens is 3. The molecule has 2 aliphatic heterocycles. The van der Waals surface area contributed by atoms with E-state index in [-0.39, 0.29) is 54.6 Å². The van der Waals surface area contributed by atoms with Crippen LogP contribution in [-0.4, -0.2) is 37.5 Å². The van der Waals surface area contributed by atoms with Gasteiger partial charge in [-0.2, -0.15) is 13.9 Å². The highest BCUT2D eigenvalue weighted by molar-refractivity contribution is 5.90. The Morgan fingerprint density at radius 1 is 1.44 bits per heavy atom. The van der Waals surface area contributed by atoms with Gasteiger partial charge < -0.3 is 15.3 Å². The Bertz CT molecular complexity index is 1180. The molecule has 2 N–H and O–H groups in total. The maximum atomic E-state index is 15.0. The predicted octanol–water partition coefficient (Wildman–Crippen LogP) is 3.80. The van der Waals surface area contributed by atoms with Crippen LogP contribution in [-0.2, 0) is 25.4 Å². The molecule has 0 fully saturated rings. The van der Waals surface area contributed by atoms with Gasteiger partial charge in [0.2, 0.25) is 5.69 Å². The molecular weight excluding hydrogens is 423 g/mol. The van der Waals surface area contributed by atoms with Crippen molar-refractivity contribution in [2.24, 2.45) is 0 Å². The number of fused-ring (bicyclic) bond motifs is 3. The van der Waals surface area contributed by atoms with Crippen molar-refractivity contribution in [2.45, 2.75) is 56.8 Å². The Morgan fingerprint density at radius 2 is 2.19 bits per heavy atom. The highest BCUT2D eigenvalue weighted by Gasteiger charge is 2.47. The second-order valence-electron chi connectivity index (χ2n) is 8.20. The van der Waals surface area contributed by atoms with Gasteiger partial charge >= 0.3 is 6.03 Å². The summed E-state index contributed by atoms with van der Waals surface area (Å²) in [6.07, 6.45) is 4.70. The normalized spacial score (nSPS) is 23.8. The first kappa shape index (κ1) is 21.7. The molecule has 1 aromatic carbocycles. The van der Waals surface area contributed by atoms with Crippen LogP contribution in [0, 0.1) is 24.7 Å². The van der Waals surface area contributed by atoms with Crippen molar-refractivity contribution in [1.82, 2.24) is 14.7 Å². The standard InChI is InChI=1S/C22H20F3N5O2/c1-4-21(32)7-8-22(24,25)19-15-11-29(13(2)9-17(15)28-30(19)12-21)20(31)27-14-5-6-16(23)18(10-14)26-3/h1,5-6,10,13,32H,7-9,11-12H2,2H3,(H,27,31)/t13-,21-/m1/s1. The van der Waals surface area contributed by atoms with E-state index in [9.17, 15) is 14.3 Å². The minimum absolute atomic E-state index is 0.112. The SMILES string of the molecule is [C-]#[N+]c1cc(NC(=O)N2Cc3c(nn4c3C(F)(F)CC[C@](O)(C#C)C4)C[C@H]2C)ccc1F. The molecule has 0 spiro atoms. The Morgan fingerprint density at radius 3 is 2.88 bits per heavy atom. The summed E-state index contributed by atoms with van der Waals surface area (Å²) in [5, 5.41) is 17.4. The van der Waals surface area contributed by atoms with Crippen LogP contribution in [0.1, 0.15) is 36.7 Å². The van der Waals surface area contributed by atoms with E-state index in [1.807, 2.05) is 0 Å². The molecule has 2 aromatic rings. The van der Waals surface area contributed by atoms with Crippen molar-refractivity contribution in [2.75, 3.05) is 5.32 Å². The number of anilines is 1.